The molecule has 30 heavy (non-hydrogen) atoms. The van der Waals surface area contributed by atoms with Crippen LogP contribution in [0.5, 0.6) is 0 Å². The van der Waals surface area contributed by atoms with E-state index in [2.05, 4.69) is 0 Å². The van der Waals surface area contributed by atoms with Gasteiger partial charge in [-0.3, -0.25) is 9.59 Å². The number of carboxylic acids is 2. The Morgan fingerprint density at radius 3 is 1.23 bits per heavy atom. The van der Waals surface area contributed by atoms with Crippen molar-refractivity contribution in [3.8, 4) is 0 Å². The smallest absolute Gasteiger partial charge is 0.349 e. The van der Waals surface area contributed by atoms with E-state index in [0.29, 0.717) is 11.1 Å². The van der Waals surface area contributed by atoms with Crippen molar-refractivity contribution in [1.82, 2.24) is 0 Å². The largest absolute Gasteiger partial charge is 0.478 e. The zero-order valence-electron chi connectivity index (χ0n) is 15.3. The van der Waals surface area contributed by atoms with Gasteiger partial charge in [0.05, 0.1) is 12.8 Å². The van der Waals surface area contributed by atoms with Gasteiger partial charge in [-0.1, -0.05) is 24.3 Å². The minimum atomic E-state index is -2.31. The average molecular weight is 422 g/mol. The fourth-order valence-electron chi connectivity index (χ4n) is 2.39. The molecule has 2 aromatic rings. The van der Waals surface area contributed by atoms with Crippen molar-refractivity contribution in [2.24, 2.45) is 0 Å². The number of carboxylic acid groups (broad SMARTS) is 2. The Labute approximate surface area is 168 Å². The van der Waals surface area contributed by atoms with Crippen molar-refractivity contribution in [3.63, 3.8) is 0 Å². The molecule has 2 atom stereocenters. The number of esters is 2. The summed E-state index contributed by atoms with van der Waals surface area (Å²) in [5, 5.41) is 18.5. The molecule has 2 aromatic carbocycles. The van der Waals surface area contributed by atoms with Gasteiger partial charge in [-0.15, -0.1) is 0 Å². The average Bonchev–Trinajstić information content (AvgIpc) is 2.68. The van der Waals surface area contributed by atoms with Gasteiger partial charge in [0, 0.05) is 0 Å². The molecule has 0 aliphatic heterocycles. The number of carbonyl (C=O) groups is 4. The number of rotatable bonds is 9. The van der Waals surface area contributed by atoms with E-state index in [1.165, 1.54) is 24.3 Å². The van der Waals surface area contributed by atoms with E-state index in [1.54, 1.807) is 0 Å². The molecule has 0 saturated carbocycles. The molecule has 0 saturated heterocycles. The highest BCUT2D eigenvalue weighted by molar-refractivity contribution is 5.88. The second-order valence-electron chi connectivity index (χ2n) is 6.10. The van der Waals surface area contributed by atoms with Gasteiger partial charge < -0.3 is 19.7 Å². The van der Waals surface area contributed by atoms with Crippen LogP contribution in [-0.4, -0.2) is 46.3 Å². The number of halogens is 2. The van der Waals surface area contributed by atoms with Gasteiger partial charge in [0.15, 0.2) is 0 Å². The third-order valence-electron chi connectivity index (χ3n) is 3.80. The molecular formula is C20H16F2O8. The zero-order valence-corrected chi connectivity index (χ0v) is 15.3. The summed E-state index contributed by atoms with van der Waals surface area (Å²) in [6, 6.07) is 9.38. The maximum absolute atomic E-state index is 12.9. The number of hydrogen-bond donors (Lipinski definition) is 2. The van der Waals surface area contributed by atoms with Gasteiger partial charge in [-0.05, 0) is 35.4 Å². The molecule has 0 unspecified atom stereocenters. The lowest BCUT2D eigenvalue weighted by Gasteiger charge is -2.21. The van der Waals surface area contributed by atoms with Crippen molar-refractivity contribution in [2.75, 3.05) is 0 Å². The first kappa shape index (κ1) is 22.5. The van der Waals surface area contributed by atoms with Crippen LogP contribution in [0.15, 0.2) is 48.5 Å². The van der Waals surface area contributed by atoms with Gasteiger partial charge in [0.25, 0.3) is 0 Å². The summed E-state index contributed by atoms with van der Waals surface area (Å²) in [6.07, 6.45) is -5.54. The Balaban J connectivity index is 2.06. The Morgan fingerprint density at radius 1 is 0.667 bits per heavy atom. The zero-order chi connectivity index (χ0) is 22.3. The highest BCUT2D eigenvalue weighted by Gasteiger charge is 2.40. The third-order valence-corrected chi connectivity index (χ3v) is 3.80. The van der Waals surface area contributed by atoms with Gasteiger partial charge in [-0.25, -0.2) is 18.4 Å². The molecule has 0 bridgehead atoms. The van der Waals surface area contributed by atoms with Crippen LogP contribution in [0.3, 0.4) is 0 Å². The molecule has 0 aromatic heterocycles. The predicted octanol–water partition coefficient (Wildman–Crippen LogP) is 1.74. The summed E-state index contributed by atoms with van der Waals surface area (Å²) >= 11 is 0. The van der Waals surface area contributed by atoms with Crippen molar-refractivity contribution in [1.29, 1.82) is 0 Å². The maximum Gasteiger partial charge on any atom is 0.349 e. The highest BCUT2D eigenvalue weighted by Crippen LogP contribution is 2.12. The second kappa shape index (κ2) is 10.1. The molecule has 8 nitrogen and oxygen atoms in total. The molecule has 0 spiro atoms. The first-order chi connectivity index (χ1) is 14.2. The van der Waals surface area contributed by atoms with E-state index in [4.69, 9.17) is 9.47 Å². The van der Waals surface area contributed by atoms with Crippen molar-refractivity contribution < 1.29 is 47.6 Å². The minimum Gasteiger partial charge on any atom is -0.478 e. The van der Waals surface area contributed by atoms with E-state index < -0.39 is 60.6 Å². The summed E-state index contributed by atoms with van der Waals surface area (Å²) in [5.74, 6) is -7.01. The Kier molecular flexibility index (Phi) is 7.56. The molecule has 2 N–H and O–H groups in total. The lowest BCUT2D eigenvalue weighted by atomic mass is 10.1. The first-order valence-corrected chi connectivity index (χ1v) is 8.49. The Morgan fingerprint density at radius 2 is 0.967 bits per heavy atom. The molecule has 0 radical (unpaired) electrons. The van der Waals surface area contributed by atoms with Crippen LogP contribution >= 0.6 is 0 Å². The highest BCUT2D eigenvalue weighted by atomic mass is 19.1. The topological polar surface area (TPSA) is 127 Å². The van der Waals surface area contributed by atoms with Crippen molar-refractivity contribution in [3.05, 3.63) is 71.3 Å². The fraction of sp³-hybridized carbons (Fsp3) is 0.200. The summed E-state index contributed by atoms with van der Waals surface area (Å²) in [6.45, 7) is 0. The normalized spacial score (nSPS) is 12.5. The van der Waals surface area contributed by atoms with E-state index in [-0.39, 0.29) is 0 Å². The number of carbonyl (C=O) groups excluding carboxylic acids is 2. The van der Waals surface area contributed by atoms with Crippen LogP contribution in [0.2, 0.25) is 0 Å². The number of hydrogen-bond acceptors (Lipinski definition) is 6. The number of aliphatic carboxylic acids is 2. The van der Waals surface area contributed by atoms with Crippen molar-refractivity contribution >= 4 is 23.9 Å². The second-order valence-corrected chi connectivity index (χ2v) is 6.10. The Bertz CT molecular complexity index is 847. The monoisotopic (exact) mass is 422 g/mol. The molecular weight excluding hydrogens is 406 g/mol. The summed E-state index contributed by atoms with van der Waals surface area (Å²) in [4.78, 5) is 46.9. The molecule has 2 rings (SSSR count). The van der Waals surface area contributed by atoms with Gasteiger partial charge >= 0.3 is 23.9 Å². The van der Waals surface area contributed by atoms with E-state index in [0.717, 1.165) is 24.3 Å². The minimum absolute atomic E-state index is 0.297. The summed E-state index contributed by atoms with van der Waals surface area (Å²) in [7, 11) is 0. The maximum atomic E-state index is 12.9. The van der Waals surface area contributed by atoms with Crippen LogP contribution in [0.25, 0.3) is 0 Å². The van der Waals surface area contributed by atoms with Crippen LogP contribution in [0, 0.1) is 11.6 Å². The van der Waals surface area contributed by atoms with Gasteiger partial charge in [0.2, 0.25) is 12.2 Å². The quantitative estimate of drug-likeness (QED) is 0.585. The molecule has 0 amide bonds. The SMILES string of the molecule is O=C(Cc1ccc(F)cc1)O[C@H](C(=O)O)[C@H](OC(=O)Cc1ccc(F)cc1)C(=O)O. The predicted molar refractivity (Wildman–Crippen MR) is 95.2 cm³/mol. The first-order valence-electron chi connectivity index (χ1n) is 8.49. The molecule has 0 aliphatic carbocycles. The molecule has 0 heterocycles. The summed E-state index contributed by atoms with van der Waals surface area (Å²) in [5.41, 5.74) is 0.594. The van der Waals surface area contributed by atoms with Crippen LogP contribution in [-0.2, 0) is 41.5 Å². The van der Waals surface area contributed by atoms with Crippen LogP contribution in [0.1, 0.15) is 11.1 Å². The Hall–Kier alpha value is -3.82. The molecule has 0 fully saturated rings. The molecule has 0 aliphatic rings. The van der Waals surface area contributed by atoms with Crippen LogP contribution in [0.4, 0.5) is 8.78 Å². The van der Waals surface area contributed by atoms with E-state index in [9.17, 15) is 38.2 Å². The fourth-order valence-corrected chi connectivity index (χ4v) is 2.39. The van der Waals surface area contributed by atoms with Gasteiger partial charge in [-0.2, -0.15) is 0 Å². The standard InChI is InChI=1S/C20H16F2O8/c21-13-5-1-11(2-6-13)9-15(23)29-17(19(25)26)18(20(27)28)30-16(24)10-12-3-7-14(22)8-4-12/h1-8,17-18H,9-10H2,(H,25,26)(H,27,28)/t17-,18-/m0/s1. The number of ether oxygens (including phenoxy) is 2. The lowest BCUT2D eigenvalue weighted by Crippen LogP contribution is -2.46. The third kappa shape index (κ3) is 6.66. The molecule has 10 heteroatoms. The lowest BCUT2D eigenvalue weighted by molar-refractivity contribution is -0.187. The van der Waals surface area contributed by atoms with E-state index in [1.807, 2.05) is 0 Å². The van der Waals surface area contributed by atoms with Gasteiger partial charge in [0.1, 0.15) is 11.6 Å². The molecule has 158 valence electrons. The number of benzene rings is 2. The summed E-state index contributed by atoms with van der Waals surface area (Å²) < 4.78 is 35.2. The van der Waals surface area contributed by atoms with Crippen molar-refractivity contribution in [2.45, 2.75) is 25.0 Å². The van der Waals surface area contributed by atoms with E-state index >= 15 is 0 Å². The van der Waals surface area contributed by atoms with Crippen LogP contribution < -0.4 is 0 Å².